The zero-order valence-electron chi connectivity index (χ0n) is 9.33. The van der Waals surface area contributed by atoms with E-state index in [9.17, 15) is 0 Å². The van der Waals surface area contributed by atoms with Crippen LogP contribution >= 0.6 is 11.6 Å². The van der Waals surface area contributed by atoms with E-state index < -0.39 is 0 Å². The van der Waals surface area contributed by atoms with Gasteiger partial charge in [-0.2, -0.15) is 5.10 Å². The molecule has 0 aromatic carbocycles. The minimum absolute atomic E-state index is 0.649. The molecule has 1 unspecified atom stereocenters. The van der Waals surface area contributed by atoms with Gasteiger partial charge in [-0.1, -0.05) is 11.6 Å². The number of hydrogen-bond acceptors (Lipinski definition) is 2. The van der Waals surface area contributed by atoms with Crippen LogP contribution in [-0.4, -0.2) is 22.4 Å². The van der Waals surface area contributed by atoms with Crippen LogP contribution in [0.3, 0.4) is 0 Å². The van der Waals surface area contributed by atoms with Crippen LogP contribution < -0.4 is 5.32 Å². The highest BCUT2D eigenvalue weighted by Crippen LogP contribution is 2.32. The predicted octanol–water partition coefficient (Wildman–Crippen LogP) is 2.23. The van der Waals surface area contributed by atoms with E-state index in [1.807, 2.05) is 11.6 Å². The van der Waals surface area contributed by atoms with E-state index in [1.165, 1.54) is 12.8 Å². The molecule has 4 heteroatoms. The minimum atomic E-state index is 0.649. The molecule has 1 heterocycles. The maximum absolute atomic E-state index is 5.93. The smallest absolute Gasteiger partial charge is 0.0814 e. The lowest BCUT2D eigenvalue weighted by Crippen LogP contribution is -2.31. The maximum Gasteiger partial charge on any atom is 0.0814 e. The van der Waals surface area contributed by atoms with E-state index in [0.717, 1.165) is 29.7 Å². The summed E-state index contributed by atoms with van der Waals surface area (Å²) in [7, 11) is 0. The van der Waals surface area contributed by atoms with E-state index in [0.29, 0.717) is 6.04 Å². The highest BCUT2D eigenvalue weighted by molar-refractivity contribution is 6.31. The summed E-state index contributed by atoms with van der Waals surface area (Å²) in [6.07, 6.45) is 4.49. The van der Waals surface area contributed by atoms with Crippen molar-refractivity contribution < 1.29 is 0 Å². The molecule has 2 rings (SSSR count). The molecule has 1 fully saturated rings. The lowest BCUT2D eigenvalue weighted by atomic mass is 10.2. The zero-order valence-corrected chi connectivity index (χ0v) is 10.1. The van der Waals surface area contributed by atoms with Crippen molar-refractivity contribution in [2.45, 2.75) is 39.3 Å². The minimum Gasteiger partial charge on any atom is -0.312 e. The summed E-state index contributed by atoms with van der Waals surface area (Å²) in [6.45, 7) is 6.13. The second kappa shape index (κ2) is 4.54. The van der Waals surface area contributed by atoms with Crippen molar-refractivity contribution in [3.63, 3.8) is 0 Å². The van der Waals surface area contributed by atoms with Crippen molar-refractivity contribution in [1.82, 2.24) is 15.1 Å². The van der Waals surface area contributed by atoms with E-state index in [1.54, 1.807) is 6.20 Å². The lowest BCUT2D eigenvalue weighted by Gasteiger charge is -2.12. The number of halogens is 1. The summed E-state index contributed by atoms with van der Waals surface area (Å²) in [6, 6.07) is 0.649. The van der Waals surface area contributed by atoms with Crippen LogP contribution in [0.5, 0.6) is 0 Å². The molecule has 0 radical (unpaired) electrons. The Morgan fingerprint density at radius 2 is 2.40 bits per heavy atom. The quantitative estimate of drug-likeness (QED) is 0.836. The van der Waals surface area contributed by atoms with E-state index >= 15 is 0 Å². The second-order valence-electron chi connectivity index (χ2n) is 4.38. The van der Waals surface area contributed by atoms with E-state index in [4.69, 9.17) is 11.6 Å². The summed E-state index contributed by atoms with van der Waals surface area (Å²) in [4.78, 5) is 0. The van der Waals surface area contributed by atoms with Gasteiger partial charge in [0.15, 0.2) is 0 Å². The molecule has 1 atom stereocenters. The van der Waals surface area contributed by atoms with Gasteiger partial charge in [0.25, 0.3) is 0 Å². The van der Waals surface area contributed by atoms with Gasteiger partial charge in [0.05, 0.1) is 23.5 Å². The molecular formula is C11H18ClN3. The second-order valence-corrected chi connectivity index (χ2v) is 4.79. The van der Waals surface area contributed by atoms with Crippen LogP contribution in [0, 0.1) is 12.8 Å². The normalized spacial score (nSPS) is 18.1. The molecule has 1 aromatic rings. The van der Waals surface area contributed by atoms with Gasteiger partial charge in [-0.15, -0.1) is 0 Å². The molecule has 0 aliphatic heterocycles. The summed E-state index contributed by atoms with van der Waals surface area (Å²) in [5, 5.41) is 8.50. The van der Waals surface area contributed by atoms with Crippen molar-refractivity contribution in [2.75, 3.05) is 6.54 Å². The third kappa shape index (κ3) is 2.73. The Morgan fingerprint density at radius 1 is 1.67 bits per heavy atom. The average Bonchev–Trinajstić information content (AvgIpc) is 3.00. The Balaban J connectivity index is 1.75. The molecule has 3 nitrogen and oxygen atoms in total. The molecule has 1 aromatic heterocycles. The van der Waals surface area contributed by atoms with Gasteiger partial charge in [-0.3, -0.25) is 4.68 Å². The fourth-order valence-electron chi connectivity index (χ4n) is 1.81. The summed E-state index contributed by atoms with van der Waals surface area (Å²) >= 11 is 5.93. The van der Waals surface area contributed by atoms with Gasteiger partial charge in [-0.05, 0) is 32.6 Å². The summed E-state index contributed by atoms with van der Waals surface area (Å²) in [5.74, 6) is 0.910. The molecule has 0 amide bonds. The van der Waals surface area contributed by atoms with Crippen molar-refractivity contribution >= 4 is 11.6 Å². The number of rotatable bonds is 5. The van der Waals surface area contributed by atoms with Crippen LogP contribution in [0.2, 0.25) is 5.02 Å². The summed E-state index contributed by atoms with van der Waals surface area (Å²) < 4.78 is 1.95. The van der Waals surface area contributed by atoms with Gasteiger partial charge in [-0.25, -0.2) is 0 Å². The molecule has 0 saturated heterocycles. The third-order valence-corrected chi connectivity index (χ3v) is 3.53. The first-order chi connectivity index (χ1) is 7.18. The number of aromatic nitrogens is 2. The van der Waals surface area contributed by atoms with Gasteiger partial charge in [0, 0.05) is 12.6 Å². The molecule has 1 saturated carbocycles. The van der Waals surface area contributed by atoms with Gasteiger partial charge < -0.3 is 5.32 Å². The first-order valence-electron chi connectivity index (χ1n) is 5.60. The first kappa shape index (κ1) is 11.0. The van der Waals surface area contributed by atoms with Crippen LogP contribution in [0.15, 0.2) is 6.20 Å². The largest absolute Gasteiger partial charge is 0.312 e. The number of nitrogens with zero attached hydrogens (tertiary/aromatic N) is 2. The number of hydrogen-bond donors (Lipinski definition) is 1. The average molecular weight is 228 g/mol. The topological polar surface area (TPSA) is 29.9 Å². The molecular weight excluding hydrogens is 210 g/mol. The monoisotopic (exact) mass is 227 g/mol. The summed E-state index contributed by atoms with van der Waals surface area (Å²) in [5.41, 5.74) is 1.05. The van der Waals surface area contributed by atoms with Crippen molar-refractivity contribution in [1.29, 1.82) is 0 Å². The Labute approximate surface area is 95.8 Å². The van der Waals surface area contributed by atoms with Crippen LogP contribution in [0.4, 0.5) is 0 Å². The first-order valence-corrected chi connectivity index (χ1v) is 5.97. The standard InChI is InChI=1S/C11H18ClN3/c1-8(10-3-4-10)13-5-6-15-9(2)11(12)7-14-15/h7-8,10,13H,3-6H2,1-2H3. The lowest BCUT2D eigenvalue weighted by molar-refractivity contribution is 0.459. The van der Waals surface area contributed by atoms with Gasteiger partial charge in [0.1, 0.15) is 0 Å². The highest BCUT2D eigenvalue weighted by atomic mass is 35.5. The highest BCUT2D eigenvalue weighted by Gasteiger charge is 2.27. The zero-order chi connectivity index (χ0) is 10.8. The predicted molar refractivity (Wildman–Crippen MR) is 62.2 cm³/mol. The Morgan fingerprint density at radius 3 is 2.93 bits per heavy atom. The van der Waals surface area contributed by atoms with Gasteiger partial charge >= 0.3 is 0 Å². The SMILES string of the molecule is Cc1c(Cl)cnn1CCNC(C)C1CC1. The maximum atomic E-state index is 5.93. The molecule has 0 bridgehead atoms. The Bertz CT molecular complexity index is 331. The van der Waals surface area contributed by atoms with Crippen LogP contribution in [0.1, 0.15) is 25.5 Å². The fourth-order valence-corrected chi connectivity index (χ4v) is 1.95. The fraction of sp³-hybridized carbons (Fsp3) is 0.727. The van der Waals surface area contributed by atoms with Crippen molar-refractivity contribution in [3.05, 3.63) is 16.9 Å². The number of nitrogens with one attached hydrogen (secondary N) is 1. The molecule has 1 aliphatic rings. The molecule has 15 heavy (non-hydrogen) atoms. The van der Waals surface area contributed by atoms with Gasteiger partial charge in [0.2, 0.25) is 0 Å². The third-order valence-electron chi connectivity index (χ3n) is 3.16. The van der Waals surface area contributed by atoms with Crippen LogP contribution in [0.25, 0.3) is 0 Å². The van der Waals surface area contributed by atoms with Crippen LogP contribution in [-0.2, 0) is 6.54 Å². The van der Waals surface area contributed by atoms with Crippen molar-refractivity contribution in [2.24, 2.45) is 5.92 Å². The molecule has 1 N–H and O–H groups in total. The molecule has 1 aliphatic carbocycles. The molecule has 0 spiro atoms. The molecule has 84 valence electrons. The Hall–Kier alpha value is -0.540. The Kier molecular flexibility index (Phi) is 3.32. The van der Waals surface area contributed by atoms with E-state index in [-0.39, 0.29) is 0 Å². The van der Waals surface area contributed by atoms with Crippen molar-refractivity contribution in [3.8, 4) is 0 Å². The van der Waals surface area contributed by atoms with E-state index in [2.05, 4.69) is 17.3 Å².